The summed E-state index contributed by atoms with van der Waals surface area (Å²) in [5, 5.41) is 12.1. The predicted octanol–water partition coefficient (Wildman–Crippen LogP) is 3.56. The fourth-order valence-corrected chi connectivity index (χ4v) is 3.19. The van der Waals surface area contributed by atoms with E-state index in [0.717, 1.165) is 30.9 Å². The summed E-state index contributed by atoms with van der Waals surface area (Å²) in [7, 11) is 0. The standard InChI is InChI=1S/C20H22F3N3O2/c1-14(19(28)24-16-4-2-15(3-5-16)20(21,22)23)25-10-12-26(13-11-25)17-6-8-18(27)9-7-17/h2-9,14,27H,10-13H2,1H3,(H,24,28)/t14-/m0/s1. The molecule has 0 spiro atoms. The van der Waals surface area contributed by atoms with E-state index in [1.165, 1.54) is 12.1 Å². The molecule has 1 saturated heterocycles. The first-order valence-electron chi connectivity index (χ1n) is 9.00. The number of phenols is 1. The van der Waals surface area contributed by atoms with E-state index in [1.807, 2.05) is 17.0 Å². The van der Waals surface area contributed by atoms with E-state index >= 15 is 0 Å². The Bertz CT molecular complexity index is 799. The first-order chi connectivity index (χ1) is 13.2. The summed E-state index contributed by atoms with van der Waals surface area (Å²) in [6.07, 6.45) is -4.40. The molecular weight excluding hydrogens is 371 g/mol. The first-order valence-corrected chi connectivity index (χ1v) is 9.00. The number of piperazine rings is 1. The average molecular weight is 393 g/mol. The molecule has 0 radical (unpaired) electrons. The minimum absolute atomic E-state index is 0.218. The highest BCUT2D eigenvalue weighted by Crippen LogP contribution is 2.30. The van der Waals surface area contributed by atoms with E-state index in [0.29, 0.717) is 18.8 Å². The van der Waals surface area contributed by atoms with Crippen LogP contribution in [0.25, 0.3) is 0 Å². The van der Waals surface area contributed by atoms with Crippen LogP contribution in [-0.2, 0) is 11.0 Å². The lowest BCUT2D eigenvalue weighted by Crippen LogP contribution is -2.52. The molecule has 0 saturated carbocycles. The Hall–Kier alpha value is -2.74. The number of carbonyl (C=O) groups is 1. The highest BCUT2D eigenvalue weighted by atomic mass is 19.4. The third-order valence-electron chi connectivity index (χ3n) is 4.94. The van der Waals surface area contributed by atoms with Crippen molar-refractivity contribution in [3.8, 4) is 5.75 Å². The lowest BCUT2D eigenvalue weighted by Gasteiger charge is -2.38. The Kier molecular flexibility index (Phi) is 5.79. The molecule has 1 aliphatic heterocycles. The van der Waals surface area contributed by atoms with Gasteiger partial charge in [0, 0.05) is 37.6 Å². The molecule has 28 heavy (non-hydrogen) atoms. The molecule has 8 heteroatoms. The molecule has 1 atom stereocenters. The van der Waals surface area contributed by atoms with Gasteiger partial charge in [-0.2, -0.15) is 13.2 Å². The summed E-state index contributed by atoms with van der Waals surface area (Å²) >= 11 is 0. The van der Waals surface area contributed by atoms with Crippen LogP contribution in [0, 0.1) is 0 Å². The SMILES string of the molecule is C[C@@H](C(=O)Nc1ccc(C(F)(F)F)cc1)N1CCN(c2ccc(O)cc2)CC1. The minimum atomic E-state index is -4.40. The summed E-state index contributed by atoms with van der Waals surface area (Å²) in [5.41, 5.74) is 0.607. The van der Waals surface area contributed by atoms with E-state index in [4.69, 9.17) is 0 Å². The molecule has 1 aliphatic rings. The maximum absolute atomic E-state index is 12.6. The second-order valence-corrected chi connectivity index (χ2v) is 6.78. The fraction of sp³-hybridized carbons (Fsp3) is 0.350. The number of hydrogen-bond donors (Lipinski definition) is 2. The summed E-state index contributed by atoms with van der Waals surface area (Å²) in [4.78, 5) is 16.7. The number of amides is 1. The average Bonchev–Trinajstić information content (AvgIpc) is 2.68. The van der Waals surface area contributed by atoms with Crippen LogP contribution in [0.1, 0.15) is 12.5 Å². The van der Waals surface area contributed by atoms with E-state index < -0.39 is 17.8 Å². The molecule has 1 heterocycles. The highest BCUT2D eigenvalue weighted by molar-refractivity contribution is 5.94. The molecular formula is C20H22F3N3O2. The number of benzene rings is 2. The molecule has 2 aromatic rings. The molecule has 0 aliphatic carbocycles. The normalized spacial score (nSPS) is 16.6. The quantitative estimate of drug-likeness (QED) is 0.834. The van der Waals surface area contributed by atoms with E-state index in [9.17, 15) is 23.1 Å². The summed E-state index contributed by atoms with van der Waals surface area (Å²) in [5.74, 6) is -0.0335. The molecule has 0 bridgehead atoms. The minimum Gasteiger partial charge on any atom is -0.508 e. The molecule has 1 amide bonds. The van der Waals surface area contributed by atoms with Crippen LogP contribution in [0.4, 0.5) is 24.5 Å². The van der Waals surface area contributed by atoms with Crippen LogP contribution in [-0.4, -0.2) is 48.1 Å². The Labute approximate surface area is 161 Å². The van der Waals surface area contributed by atoms with Gasteiger partial charge in [0.15, 0.2) is 0 Å². The molecule has 2 N–H and O–H groups in total. The zero-order chi connectivity index (χ0) is 20.3. The topological polar surface area (TPSA) is 55.8 Å². The number of rotatable bonds is 4. The summed E-state index contributed by atoms with van der Waals surface area (Å²) in [6, 6.07) is 11.0. The Morgan fingerprint density at radius 2 is 1.57 bits per heavy atom. The van der Waals surface area contributed by atoms with Gasteiger partial charge in [0.1, 0.15) is 5.75 Å². The van der Waals surface area contributed by atoms with Crippen molar-refractivity contribution in [2.24, 2.45) is 0 Å². The van der Waals surface area contributed by atoms with Crippen molar-refractivity contribution < 1.29 is 23.1 Å². The third kappa shape index (κ3) is 4.75. The van der Waals surface area contributed by atoms with Gasteiger partial charge in [-0.15, -0.1) is 0 Å². The van der Waals surface area contributed by atoms with Crippen molar-refractivity contribution >= 4 is 17.3 Å². The number of phenolic OH excluding ortho intramolecular Hbond substituents is 1. The third-order valence-corrected chi connectivity index (χ3v) is 4.94. The van der Waals surface area contributed by atoms with Gasteiger partial charge < -0.3 is 15.3 Å². The van der Waals surface area contributed by atoms with Crippen LogP contribution in [0.2, 0.25) is 0 Å². The zero-order valence-corrected chi connectivity index (χ0v) is 15.4. The van der Waals surface area contributed by atoms with Crippen LogP contribution in [0.3, 0.4) is 0 Å². The molecule has 150 valence electrons. The molecule has 5 nitrogen and oxygen atoms in total. The Balaban J connectivity index is 1.53. The van der Waals surface area contributed by atoms with Crippen molar-refractivity contribution in [3.63, 3.8) is 0 Å². The van der Waals surface area contributed by atoms with Crippen LogP contribution in [0.15, 0.2) is 48.5 Å². The van der Waals surface area contributed by atoms with Crippen LogP contribution >= 0.6 is 0 Å². The largest absolute Gasteiger partial charge is 0.508 e. The van der Waals surface area contributed by atoms with Gasteiger partial charge in [-0.25, -0.2) is 0 Å². The van der Waals surface area contributed by atoms with Gasteiger partial charge in [-0.1, -0.05) is 0 Å². The number of aromatic hydroxyl groups is 1. The number of anilines is 2. The molecule has 3 rings (SSSR count). The Morgan fingerprint density at radius 3 is 2.11 bits per heavy atom. The number of alkyl halides is 3. The lowest BCUT2D eigenvalue weighted by atomic mass is 10.1. The number of carbonyl (C=O) groups excluding carboxylic acids is 1. The van der Waals surface area contributed by atoms with E-state index in [2.05, 4.69) is 10.2 Å². The molecule has 0 unspecified atom stereocenters. The van der Waals surface area contributed by atoms with Crippen LogP contribution in [0.5, 0.6) is 5.75 Å². The monoisotopic (exact) mass is 393 g/mol. The van der Waals surface area contributed by atoms with Crippen molar-refractivity contribution in [1.82, 2.24) is 4.90 Å². The van der Waals surface area contributed by atoms with Gasteiger partial charge in [0.25, 0.3) is 0 Å². The molecule has 0 aromatic heterocycles. The second-order valence-electron chi connectivity index (χ2n) is 6.78. The van der Waals surface area contributed by atoms with E-state index in [1.54, 1.807) is 19.1 Å². The summed E-state index contributed by atoms with van der Waals surface area (Å²) in [6.45, 7) is 4.63. The van der Waals surface area contributed by atoms with Crippen LogP contribution < -0.4 is 10.2 Å². The van der Waals surface area contributed by atoms with Gasteiger partial charge in [0.2, 0.25) is 5.91 Å². The zero-order valence-electron chi connectivity index (χ0n) is 15.4. The lowest BCUT2D eigenvalue weighted by molar-refractivity contribution is -0.137. The number of nitrogens with one attached hydrogen (secondary N) is 1. The van der Waals surface area contributed by atoms with Crippen molar-refractivity contribution in [2.75, 3.05) is 36.4 Å². The number of nitrogens with zero attached hydrogens (tertiary/aromatic N) is 2. The van der Waals surface area contributed by atoms with Crippen molar-refractivity contribution in [3.05, 3.63) is 54.1 Å². The van der Waals surface area contributed by atoms with E-state index in [-0.39, 0.29) is 11.7 Å². The molecule has 1 fully saturated rings. The van der Waals surface area contributed by atoms with Crippen molar-refractivity contribution in [1.29, 1.82) is 0 Å². The van der Waals surface area contributed by atoms with Crippen molar-refractivity contribution in [2.45, 2.75) is 19.1 Å². The van der Waals surface area contributed by atoms with Gasteiger partial charge in [0.05, 0.1) is 11.6 Å². The predicted molar refractivity (Wildman–Crippen MR) is 101 cm³/mol. The fourth-order valence-electron chi connectivity index (χ4n) is 3.19. The number of hydrogen-bond acceptors (Lipinski definition) is 4. The number of halogens is 3. The summed E-state index contributed by atoms with van der Waals surface area (Å²) < 4.78 is 37.9. The smallest absolute Gasteiger partial charge is 0.416 e. The van der Waals surface area contributed by atoms with Gasteiger partial charge in [-0.05, 0) is 55.5 Å². The Morgan fingerprint density at radius 1 is 1.00 bits per heavy atom. The first kappa shape index (κ1) is 20.0. The van der Waals surface area contributed by atoms with Gasteiger partial charge >= 0.3 is 6.18 Å². The van der Waals surface area contributed by atoms with Gasteiger partial charge in [-0.3, -0.25) is 9.69 Å². The molecule has 2 aromatic carbocycles. The maximum Gasteiger partial charge on any atom is 0.416 e. The highest BCUT2D eigenvalue weighted by Gasteiger charge is 2.30. The maximum atomic E-state index is 12.6. The second kappa shape index (κ2) is 8.10.